The van der Waals surface area contributed by atoms with E-state index in [2.05, 4.69) is 5.10 Å². The van der Waals surface area contributed by atoms with Crippen molar-refractivity contribution in [2.24, 2.45) is 0 Å². The molecule has 4 aromatic rings. The number of halogens is 7. The van der Waals surface area contributed by atoms with Crippen LogP contribution in [0.5, 0.6) is 0 Å². The first-order valence-electron chi connectivity index (χ1n) is 9.41. The van der Waals surface area contributed by atoms with Gasteiger partial charge in [-0.05, 0) is 0 Å². The normalized spacial score (nSPS) is 14.3. The van der Waals surface area contributed by atoms with Gasteiger partial charge in [0, 0.05) is 0 Å². The van der Waals surface area contributed by atoms with Gasteiger partial charge in [0.2, 0.25) is 0 Å². The van der Waals surface area contributed by atoms with E-state index >= 15 is 0 Å². The van der Waals surface area contributed by atoms with Crippen LogP contribution in [0.2, 0.25) is 5.21 Å². The van der Waals surface area contributed by atoms with Crippen LogP contribution in [0.15, 0.2) is 60.8 Å². The fourth-order valence-electron chi connectivity index (χ4n) is 3.37. The minimum atomic E-state index is -5.15. The summed E-state index contributed by atoms with van der Waals surface area (Å²) in [4.78, 5) is 0. The molecule has 11 heteroatoms. The van der Waals surface area contributed by atoms with Gasteiger partial charge in [-0.2, -0.15) is 0 Å². The Bertz CT molecular complexity index is 1300. The fraction of sp³-hybridized carbons (Fsp3) is 0.136. The average Bonchev–Trinajstić information content (AvgIpc) is 3.16. The molecule has 0 bridgehead atoms. The zero-order valence-electron chi connectivity index (χ0n) is 16.5. The van der Waals surface area contributed by atoms with Crippen molar-refractivity contribution in [3.8, 4) is 5.69 Å². The predicted octanol–water partition coefficient (Wildman–Crippen LogP) is 4.51. The van der Waals surface area contributed by atoms with E-state index in [1.54, 1.807) is 0 Å². The van der Waals surface area contributed by atoms with E-state index in [1.165, 1.54) is 41.2 Å². The van der Waals surface area contributed by atoms with Gasteiger partial charge < -0.3 is 0 Å². The van der Waals surface area contributed by atoms with Crippen molar-refractivity contribution in [2.45, 2.75) is 17.0 Å². The molecule has 0 aliphatic carbocycles. The molecule has 0 radical (unpaired) electrons. The molecule has 3 aromatic carbocycles. The van der Waals surface area contributed by atoms with E-state index in [9.17, 15) is 35.8 Å². The molecule has 3 nitrogen and oxygen atoms in total. The van der Waals surface area contributed by atoms with Crippen molar-refractivity contribution in [1.29, 1.82) is 0 Å². The molecular formula is C22H14AsF7N2O. The number of nitrogens with zero attached hydrogens (tertiary/aromatic N) is 2. The fourth-order valence-corrected chi connectivity index (χ4v) is 6.14. The van der Waals surface area contributed by atoms with Crippen molar-refractivity contribution >= 4 is 31.0 Å². The van der Waals surface area contributed by atoms with Crippen LogP contribution in [0, 0.1) is 23.3 Å². The van der Waals surface area contributed by atoms with Crippen molar-refractivity contribution in [2.75, 3.05) is 0 Å². The second-order valence-corrected chi connectivity index (χ2v) is 9.80. The van der Waals surface area contributed by atoms with E-state index in [0.717, 1.165) is 12.1 Å². The van der Waals surface area contributed by atoms with Gasteiger partial charge in [0.25, 0.3) is 0 Å². The summed E-state index contributed by atoms with van der Waals surface area (Å²) in [7, 11) is 0. The van der Waals surface area contributed by atoms with Crippen LogP contribution in [0.3, 0.4) is 0 Å². The molecule has 33 heavy (non-hydrogen) atoms. The minimum absolute atomic E-state index is 0.263. The third kappa shape index (κ3) is 4.37. The molecule has 1 N–H and O–H groups in total. The van der Waals surface area contributed by atoms with Gasteiger partial charge in [0.15, 0.2) is 0 Å². The Labute approximate surface area is 189 Å². The maximum absolute atomic E-state index is 13.9. The Hall–Kier alpha value is -2.84. The van der Waals surface area contributed by atoms with Crippen molar-refractivity contribution in [1.82, 2.24) is 9.78 Å². The van der Waals surface area contributed by atoms with Gasteiger partial charge in [-0.15, -0.1) is 0 Å². The number of benzene rings is 3. The topological polar surface area (TPSA) is 38.1 Å². The third-order valence-corrected chi connectivity index (χ3v) is 8.30. The summed E-state index contributed by atoms with van der Waals surface area (Å²) >= 11 is -2.20. The zero-order chi connectivity index (χ0) is 24.0. The van der Waals surface area contributed by atoms with Crippen molar-refractivity contribution < 1.29 is 35.8 Å². The molecule has 0 spiro atoms. The number of aromatic nitrogens is 2. The number of hydrogen-bond acceptors (Lipinski definition) is 2. The quantitative estimate of drug-likeness (QED) is 0.305. The van der Waals surface area contributed by atoms with Gasteiger partial charge in [-0.25, -0.2) is 0 Å². The second kappa shape index (κ2) is 8.50. The first-order chi connectivity index (χ1) is 15.5. The van der Waals surface area contributed by atoms with Crippen LogP contribution in [0.1, 0.15) is 5.56 Å². The molecule has 0 saturated heterocycles. The molecular weight excluding hydrogens is 516 g/mol. The monoisotopic (exact) mass is 530 g/mol. The summed E-state index contributed by atoms with van der Waals surface area (Å²) in [5, 5.41) is 14.0. The number of alkyl halides is 3. The summed E-state index contributed by atoms with van der Waals surface area (Å²) in [5.41, 5.74) is -3.03. The Kier molecular flexibility index (Phi) is 6.01. The molecule has 2 atom stereocenters. The first-order valence-corrected chi connectivity index (χ1v) is 11.9. The Morgan fingerprint density at radius 1 is 0.848 bits per heavy atom. The molecule has 0 aliphatic heterocycles. The van der Waals surface area contributed by atoms with Gasteiger partial charge in [0.1, 0.15) is 0 Å². The van der Waals surface area contributed by atoms with Crippen LogP contribution in [0.25, 0.3) is 16.6 Å². The molecule has 0 saturated carbocycles. The number of rotatable bonds is 5. The third-order valence-electron chi connectivity index (χ3n) is 5.11. The number of aliphatic hydroxyl groups is 1. The molecule has 1 aromatic heterocycles. The van der Waals surface area contributed by atoms with E-state index in [-0.39, 0.29) is 5.39 Å². The standard InChI is InChI=1S/C22H14AsF7N2O/c24-14-2-4-16(5-3-14)32-19-6-1-13(7-12(19)10-31-32)21(33,22(28,29)30)11-23-20-17(26)8-15(25)9-18(20)27/h1-10,23,33H,11H2. The Morgan fingerprint density at radius 3 is 2.09 bits per heavy atom. The summed E-state index contributed by atoms with van der Waals surface area (Å²) < 4.78 is 96.7. The molecule has 0 aliphatic rings. The number of fused-ring (bicyclic) bond motifs is 1. The van der Waals surface area contributed by atoms with Crippen LogP contribution in [-0.2, 0) is 5.60 Å². The van der Waals surface area contributed by atoms with Crippen molar-refractivity contribution in [3.63, 3.8) is 0 Å². The van der Waals surface area contributed by atoms with Gasteiger partial charge in [-0.3, -0.25) is 0 Å². The van der Waals surface area contributed by atoms with Crippen LogP contribution < -0.4 is 4.35 Å². The molecule has 0 amide bonds. The van der Waals surface area contributed by atoms with Crippen LogP contribution in [0.4, 0.5) is 30.7 Å². The Balaban J connectivity index is 1.71. The molecule has 1 heterocycles. The predicted molar refractivity (Wildman–Crippen MR) is 109 cm³/mol. The summed E-state index contributed by atoms with van der Waals surface area (Å²) in [6.07, 6.45) is -3.86. The number of hydrogen-bond donors (Lipinski definition) is 1. The Morgan fingerprint density at radius 2 is 1.48 bits per heavy atom. The van der Waals surface area contributed by atoms with E-state index in [0.29, 0.717) is 23.3 Å². The van der Waals surface area contributed by atoms with E-state index in [1.807, 2.05) is 0 Å². The summed E-state index contributed by atoms with van der Waals surface area (Å²) in [6.45, 7) is 0. The van der Waals surface area contributed by atoms with Gasteiger partial charge in [0.05, 0.1) is 0 Å². The molecule has 4 rings (SSSR count). The van der Waals surface area contributed by atoms with Gasteiger partial charge in [-0.1, -0.05) is 0 Å². The van der Waals surface area contributed by atoms with E-state index < -0.39 is 65.9 Å². The van der Waals surface area contributed by atoms with E-state index in [4.69, 9.17) is 0 Å². The molecule has 0 fully saturated rings. The SMILES string of the molecule is OC(C[AsH]c1c(F)cc(F)cc1F)(c1ccc2c(cnn2-c2ccc(F)cc2)c1)C(F)(F)F. The maximum atomic E-state index is 13.9. The summed E-state index contributed by atoms with van der Waals surface area (Å²) in [5.74, 6) is -4.22. The van der Waals surface area contributed by atoms with Gasteiger partial charge >= 0.3 is 189 Å². The second-order valence-electron chi connectivity index (χ2n) is 7.26. The van der Waals surface area contributed by atoms with Crippen LogP contribution >= 0.6 is 0 Å². The summed E-state index contributed by atoms with van der Waals surface area (Å²) in [6, 6.07) is 9.55. The van der Waals surface area contributed by atoms with Crippen LogP contribution in [-0.4, -0.2) is 36.8 Å². The first kappa shape index (κ1) is 23.3. The molecule has 2 unspecified atom stereocenters. The molecule has 172 valence electrons. The van der Waals surface area contributed by atoms with Crippen molar-refractivity contribution in [3.05, 3.63) is 89.6 Å². The zero-order valence-corrected chi connectivity index (χ0v) is 18.6. The average molecular weight is 530 g/mol.